The molecule has 2 aliphatic rings. The molecular weight excluding hydrogens is 344 g/mol. The first-order chi connectivity index (χ1) is 13.2. The highest BCUT2D eigenvalue weighted by Gasteiger charge is 2.31. The summed E-state index contributed by atoms with van der Waals surface area (Å²) in [6.07, 6.45) is 1.92. The average molecular weight is 366 g/mol. The van der Waals surface area contributed by atoms with Gasteiger partial charge in [0.1, 0.15) is 11.5 Å². The van der Waals surface area contributed by atoms with Gasteiger partial charge in [-0.15, -0.1) is 0 Å². The fourth-order valence-electron chi connectivity index (χ4n) is 3.68. The number of anilines is 1. The molecule has 0 radical (unpaired) electrons. The molecule has 2 amide bonds. The average Bonchev–Trinajstić information content (AvgIpc) is 3.17. The Morgan fingerprint density at radius 3 is 2.85 bits per heavy atom. The Morgan fingerprint density at radius 1 is 1.26 bits per heavy atom. The molecular formula is C21H22N2O4. The molecule has 2 aromatic rings. The van der Waals surface area contributed by atoms with E-state index in [0.29, 0.717) is 23.6 Å². The number of nitrogens with zero attached hydrogens (tertiary/aromatic N) is 1. The molecule has 1 N–H and O–H groups in total. The van der Waals surface area contributed by atoms with Gasteiger partial charge in [-0.3, -0.25) is 9.59 Å². The third-order valence-corrected chi connectivity index (χ3v) is 4.95. The van der Waals surface area contributed by atoms with Gasteiger partial charge in [0.25, 0.3) is 11.8 Å². The van der Waals surface area contributed by atoms with Crippen molar-refractivity contribution in [3.8, 4) is 11.5 Å². The summed E-state index contributed by atoms with van der Waals surface area (Å²) in [4.78, 5) is 26.4. The Balaban J connectivity index is 1.55. The van der Waals surface area contributed by atoms with E-state index in [1.54, 1.807) is 18.2 Å². The van der Waals surface area contributed by atoms with E-state index in [2.05, 4.69) is 5.32 Å². The van der Waals surface area contributed by atoms with Crippen LogP contribution in [0.2, 0.25) is 0 Å². The van der Waals surface area contributed by atoms with Crippen molar-refractivity contribution in [3.05, 3.63) is 53.6 Å². The highest BCUT2D eigenvalue weighted by molar-refractivity contribution is 5.99. The van der Waals surface area contributed by atoms with E-state index in [-0.39, 0.29) is 24.5 Å². The summed E-state index contributed by atoms with van der Waals surface area (Å²) >= 11 is 0. The van der Waals surface area contributed by atoms with Crippen LogP contribution in [0.15, 0.2) is 42.5 Å². The highest BCUT2D eigenvalue weighted by Crippen LogP contribution is 2.35. The molecule has 0 aliphatic carbocycles. The van der Waals surface area contributed by atoms with E-state index in [4.69, 9.17) is 9.47 Å². The molecule has 0 bridgehead atoms. The SMILES string of the molecule is CCOc1ccc(C2CCCN2C(=O)c2ccc3c(c2)OCC(=O)N3)cc1. The lowest BCUT2D eigenvalue weighted by molar-refractivity contribution is -0.118. The lowest BCUT2D eigenvalue weighted by atomic mass is 10.0. The van der Waals surface area contributed by atoms with E-state index in [1.165, 1.54) is 0 Å². The summed E-state index contributed by atoms with van der Waals surface area (Å²) in [5.41, 5.74) is 2.29. The lowest BCUT2D eigenvalue weighted by Gasteiger charge is -2.26. The molecule has 27 heavy (non-hydrogen) atoms. The van der Waals surface area contributed by atoms with Crippen molar-refractivity contribution in [2.45, 2.75) is 25.8 Å². The molecule has 2 heterocycles. The Morgan fingerprint density at radius 2 is 2.07 bits per heavy atom. The first-order valence-corrected chi connectivity index (χ1v) is 9.26. The molecule has 0 saturated carbocycles. The van der Waals surface area contributed by atoms with Crippen molar-refractivity contribution in [2.24, 2.45) is 0 Å². The second kappa shape index (κ2) is 7.31. The molecule has 0 aromatic heterocycles. The Bertz CT molecular complexity index is 863. The van der Waals surface area contributed by atoms with Gasteiger partial charge in [0.2, 0.25) is 0 Å². The van der Waals surface area contributed by atoms with E-state index in [1.807, 2.05) is 36.1 Å². The fraction of sp³-hybridized carbons (Fsp3) is 0.333. The van der Waals surface area contributed by atoms with Crippen LogP contribution < -0.4 is 14.8 Å². The summed E-state index contributed by atoms with van der Waals surface area (Å²) < 4.78 is 10.9. The van der Waals surface area contributed by atoms with Crippen LogP contribution >= 0.6 is 0 Å². The van der Waals surface area contributed by atoms with Crippen LogP contribution in [-0.2, 0) is 4.79 Å². The van der Waals surface area contributed by atoms with Crippen LogP contribution in [0.5, 0.6) is 11.5 Å². The summed E-state index contributed by atoms with van der Waals surface area (Å²) in [5, 5.41) is 2.75. The third-order valence-electron chi connectivity index (χ3n) is 4.95. The van der Waals surface area contributed by atoms with Gasteiger partial charge in [-0.25, -0.2) is 0 Å². The topological polar surface area (TPSA) is 67.9 Å². The summed E-state index contributed by atoms with van der Waals surface area (Å²) in [7, 11) is 0. The predicted molar refractivity (Wildman–Crippen MR) is 101 cm³/mol. The number of hydrogen-bond acceptors (Lipinski definition) is 4. The number of amides is 2. The van der Waals surface area contributed by atoms with Gasteiger partial charge in [-0.1, -0.05) is 12.1 Å². The second-order valence-electron chi connectivity index (χ2n) is 6.71. The van der Waals surface area contributed by atoms with Crippen LogP contribution in [0.25, 0.3) is 0 Å². The van der Waals surface area contributed by atoms with Crippen molar-refractivity contribution in [3.63, 3.8) is 0 Å². The molecule has 2 aromatic carbocycles. The Labute approximate surface area is 158 Å². The maximum absolute atomic E-state index is 13.1. The van der Waals surface area contributed by atoms with E-state index < -0.39 is 0 Å². The molecule has 1 saturated heterocycles. The zero-order chi connectivity index (χ0) is 18.8. The van der Waals surface area contributed by atoms with Gasteiger partial charge >= 0.3 is 0 Å². The van der Waals surface area contributed by atoms with E-state index >= 15 is 0 Å². The van der Waals surface area contributed by atoms with Gasteiger partial charge in [0.15, 0.2) is 6.61 Å². The van der Waals surface area contributed by atoms with Gasteiger partial charge in [0.05, 0.1) is 18.3 Å². The molecule has 140 valence electrons. The van der Waals surface area contributed by atoms with Gasteiger partial charge in [0, 0.05) is 12.1 Å². The molecule has 1 fully saturated rings. The fourth-order valence-corrected chi connectivity index (χ4v) is 3.68. The normalized spacial score (nSPS) is 18.5. The zero-order valence-electron chi connectivity index (χ0n) is 15.2. The summed E-state index contributed by atoms with van der Waals surface area (Å²) in [5.74, 6) is 1.18. The minimum absolute atomic E-state index is 0.0188. The Hall–Kier alpha value is -3.02. The van der Waals surface area contributed by atoms with Gasteiger partial charge in [-0.2, -0.15) is 0 Å². The number of ether oxygens (including phenoxy) is 2. The number of carbonyl (C=O) groups is 2. The Kier molecular flexibility index (Phi) is 4.71. The third kappa shape index (κ3) is 3.47. The van der Waals surface area contributed by atoms with Gasteiger partial charge in [-0.05, 0) is 55.7 Å². The molecule has 1 unspecified atom stereocenters. The first-order valence-electron chi connectivity index (χ1n) is 9.26. The number of hydrogen-bond donors (Lipinski definition) is 1. The number of benzene rings is 2. The van der Waals surface area contributed by atoms with Crippen molar-refractivity contribution in [2.75, 3.05) is 25.1 Å². The number of carbonyl (C=O) groups excluding carboxylic acids is 2. The largest absolute Gasteiger partial charge is 0.494 e. The molecule has 4 rings (SSSR count). The summed E-state index contributed by atoms with van der Waals surface area (Å²) in [6.45, 7) is 3.29. The molecule has 2 aliphatic heterocycles. The van der Waals surface area contributed by atoms with Crippen LogP contribution in [-0.4, -0.2) is 36.5 Å². The molecule has 6 heteroatoms. The smallest absolute Gasteiger partial charge is 0.262 e. The van der Waals surface area contributed by atoms with Crippen molar-refractivity contribution in [1.29, 1.82) is 0 Å². The number of likely N-dealkylation sites (tertiary alicyclic amines) is 1. The van der Waals surface area contributed by atoms with Crippen LogP contribution in [0.3, 0.4) is 0 Å². The number of fused-ring (bicyclic) bond motifs is 1. The second-order valence-corrected chi connectivity index (χ2v) is 6.71. The van der Waals surface area contributed by atoms with Crippen LogP contribution in [0.1, 0.15) is 41.7 Å². The molecule has 0 spiro atoms. The minimum atomic E-state index is -0.184. The highest BCUT2D eigenvalue weighted by atomic mass is 16.5. The summed E-state index contributed by atoms with van der Waals surface area (Å²) in [6, 6.07) is 13.2. The zero-order valence-corrected chi connectivity index (χ0v) is 15.2. The maximum atomic E-state index is 13.1. The molecule has 1 atom stereocenters. The predicted octanol–water partition coefficient (Wildman–Crippen LogP) is 3.39. The van der Waals surface area contributed by atoms with Crippen LogP contribution in [0, 0.1) is 0 Å². The minimum Gasteiger partial charge on any atom is -0.494 e. The first kappa shape index (κ1) is 17.4. The van der Waals surface area contributed by atoms with Crippen molar-refractivity contribution in [1.82, 2.24) is 4.90 Å². The quantitative estimate of drug-likeness (QED) is 0.901. The monoisotopic (exact) mass is 366 g/mol. The standard InChI is InChI=1S/C21H22N2O4/c1-2-26-16-8-5-14(6-9-16)18-4-3-11-23(18)21(25)15-7-10-17-19(12-15)27-13-20(24)22-17/h5-10,12,18H,2-4,11,13H2,1H3,(H,22,24). The number of rotatable bonds is 4. The maximum Gasteiger partial charge on any atom is 0.262 e. The van der Waals surface area contributed by atoms with Crippen LogP contribution in [0.4, 0.5) is 5.69 Å². The lowest BCUT2D eigenvalue weighted by Crippen LogP contribution is -2.31. The van der Waals surface area contributed by atoms with E-state index in [9.17, 15) is 9.59 Å². The number of nitrogens with one attached hydrogen (secondary N) is 1. The van der Waals surface area contributed by atoms with Crippen molar-refractivity contribution >= 4 is 17.5 Å². The van der Waals surface area contributed by atoms with Crippen molar-refractivity contribution < 1.29 is 19.1 Å². The van der Waals surface area contributed by atoms with Gasteiger partial charge < -0.3 is 19.7 Å². The molecule has 6 nitrogen and oxygen atoms in total. The van der Waals surface area contributed by atoms with E-state index in [0.717, 1.165) is 30.7 Å².